The monoisotopic (exact) mass is 222 g/mol. The average molecular weight is 222 g/mol. The molecule has 0 aliphatic carbocycles. The molecule has 0 atom stereocenters. The van der Waals surface area contributed by atoms with Gasteiger partial charge in [-0.25, -0.2) is 0 Å². The first-order valence-electron chi connectivity index (χ1n) is 4.69. The van der Waals surface area contributed by atoms with E-state index in [9.17, 15) is 4.79 Å². The highest BCUT2D eigenvalue weighted by Crippen LogP contribution is 2.12. The zero-order chi connectivity index (χ0) is 11.5. The van der Waals surface area contributed by atoms with Gasteiger partial charge in [-0.2, -0.15) is 10.1 Å². The number of aromatic nitrogens is 4. The second-order valence-electron chi connectivity index (χ2n) is 3.28. The third-order valence-corrected chi connectivity index (χ3v) is 1.96. The molecule has 0 bridgehead atoms. The number of aliphatic carboxylic acids is 1. The minimum atomic E-state index is -0.891. The molecule has 7 heteroatoms. The molecule has 2 rings (SSSR count). The molecule has 16 heavy (non-hydrogen) atoms. The topological polar surface area (TPSA) is 94.0 Å². The van der Waals surface area contributed by atoms with Crippen LogP contribution in [0.4, 0.5) is 0 Å². The fraction of sp³-hybridized carbons (Fsp3) is 0.333. The largest absolute Gasteiger partial charge is 0.481 e. The summed E-state index contributed by atoms with van der Waals surface area (Å²) < 4.78 is 6.53. The van der Waals surface area contributed by atoms with Crippen LogP contribution in [0.25, 0.3) is 11.5 Å². The maximum atomic E-state index is 10.3. The molecule has 0 spiro atoms. The maximum absolute atomic E-state index is 10.3. The van der Waals surface area contributed by atoms with E-state index in [0.717, 1.165) is 0 Å². The van der Waals surface area contributed by atoms with Crippen molar-refractivity contribution < 1.29 is 14.4 Å². The Balaban J connectivity index is 2.10. The Bertz CT molecular complexity index is 502. The van der Waals surface area contributed by atoms with Gasteiger partial charge in [0.1, 0.15) is 5.69 Å². The number of carboxylic acid groups (broad SMARTS) is 1. The van der Waals surface area contributed by atoms with Crippen molar-refractivity contribution in [1.29, 1.82) is 0 Å². The number of carboxylic acids is 1. The van der Waals surface area contributed by atoms with Crippen LogP contribution in [0, 0.1) is 0 Å². The second-order valence-corrected chi connectivity index (χ2v) is 3.28. The van der Waals surface area contributed by atoms with E-state index in [-0.39, 0.29) is 12.8 Å². The Hall–Kier alpha value is -2.18. The van der Waals surface area contributed by atoms with Crippen LogP contribution < -0.4 is 0 Å². The van der Waals surface area contributed by atoms with E-state index in [4.69, 9.17) is 9.63 Å². The number of hydrogen-bond donors (Lipinski definition) is 1. The first-order chi connectivity index (χ1) is 7.65. The first-order valence-corrected chi connectivity index (χ1v) is 4.69. The van der Waals surface area contributed by atoms with Gasteiger partial charge in [-0.05, 0) is 6.07 Å². The summed E-state index contributed by atoms with van der Waals surface area (Å²) in [6, 6.07) is 1.76. The zero-order valence-electron chi connectivity index (χ0n) is 8.62. The molecule has 0 amide bonds. The lowest BCUT2D eigenvalue weighted by Gasteiger charge is -1.87. The van der Waals surface area contributed by atoms with Gasteiger partial charge in [-0.1, -0.05) is 5.16 Å². The molecule has 0 fully saturated rings. The van der Waals surface area contributed by atoms with Gasteiger partial charge < -0.3 is 9.63 Å². The molecular weight excluding hydrogens is 212 g/mol. The zero-order valence-corrected chi connectivity index (χ0v) is 8.62. The van der Waals surface area contributed by atoms with Crippen molar-refractivity contribution in [3.05, 3.63) is 18.2 Å². The highest BCUT2D eigenvalue weighted by atomic mass is 16.5. The van der Waals surface area contributed by atoms with Crippen molar-refractivity contribution in [2.75, 3.05) is 0 Å². The molecule has 7 nitrogen and oxygen atoms in total. The summed E-state index contributed by atoms with van der Waals surface area (Å²) in [4.78, 5) is 14.4. The van der Waals surface area contributed by atoms with Crippen LogP contribution in [-0.2, 0) is 18.3 Å². The van der Waals surface area contributed by atoms with Crippen LogP contribution in [0.15, 0.2) is 16.8 Å². The van der Waals surface area contributed by atoms with Crippen molar-refractivity contribution in [2.24, 2.45) is 7.05 Å². The van der Waals surface area contributed by atoms with E-state index in [1.165, 1.54) is 0 Å². The van der Waals surface area contributed by atoms with Crippen molar-refractivity contribution in [3.63, 3.8) is 0 Å². The highest BCUT2D eigenvalue weighted by Gasteiger charge is 2.11. The second kappa shape index (κ2) is 4.13. The summed E-state index contributed by atoms with van der Waals surface area (Å²) >= 11 is 0. The van der Waals surface area contributed by atoms with Crippen LogP contribution in [0.5, 0.6) is 0 Å². The van der Waals surface area contributed by atoms with E-state index in [0.29, 0.717) is 17.4 Å². The van der Waals surface area contributed by atoms with Gasteiger partial charge >= 0.3 is 5.97 Å². The fourth-order valence-corrected chi connectivity index (χ4v) is 1.21. The Morgan fingerprint density at radius 2 is 2.44 bits per heavy atom. The molecule has 0 aliphatic heterocycles. The van der Waals surface area contributed by atoms with Gasteiger partial charge in [0.15, 0.2) is 0 Å². The summed E-state index contributed by atoms with van der Waals surface area (Å²) in [5.41, 5.74) is 0.604. The van der Waals surface area contributed by atoms with Crippen LogP contribution in [0.1, 0.15) is 12.3 Å². The van der Waals surface area contributed by atoms with Crippen LogP contribution >= 0.6 is 0 Å². The number of aryl methyl sites for hydroxylation is 2. The summed E-state index contributed by atoms with van der Waals surface area (Å²) in [5.74, 6) is -0.207. The van der Waals surface area contributed by atoms with E-state index < -0.39 is 5.97 Å². The summed E-state index contributed by atoms with van der Waals surface area (Å²) in [5, 5.41) is 16.3. The van der Waals surface area contributed by atoms with Crippen molar-refractivity contribution >= 4 is 5.97 Å². The molecule has 1 N–H and O–H groups in total. The fourth-order valence-electron chi connectivity index (χ4n) is 1.21. The van der Waals surface area contributed by atoms with Crippen molar-refractivity contribution in [1.82, 2.24) is 19.9 Å². The minimum Gasteiger partial charge on any atom is -0.481 e. The Labute approximate surface area is 90.7 Å². The van der Waals surface area contributed by atoms with Crippen LogP contribution in [0.2, 0.25) is 0 Å². The average Bonchev–Trinajstić information content (AvgIpc) is 2.83. The number of hydrogen-bond acceptors (Lipinski definition) is 5. The molecular formula is C9H10N4O3. The molecule has 0 aliphatic rings. The molecule has 0 aromatic carbocycles. The normalized spacial score (nSPS) is 10.6. The van der Waals surface area contributed by atoms with E-state index >= 15 is 0 Å². The predicted molar refractivity (Wildman–Crippen MR) is 52.5 cm³/mol. The molecule has 0 saturated heterocycles. The van der Waals surface area contributed by atoms with Gasteiger partial charge in [0, 0.05) is 19.7 Å². The smallest absolute Gasteiger partial charge is 0.303 e. The number of carbonyl (C=O) groups is 1. The highest BCUT2D eigenvalue weighted by molar-refractivity contribution is 5.66. The Kier molecular flexibility index (Phi) is 2.67. The lowest BCUT2D eigenvalue weighted by molar-refractivity contribution is -0.137. The molecule has 2 heterocycles. The van der Waals surface area contributed by atoms with Gasteiger partial charge in [0.2, 0.25) is 11.7 Å². The van der Waals surface area contributed by atoms with E-state index in [1.54, 1.807) is 24.0 Å². The van der Waals surface area contributed by atoms with Gasteiger partial charge in [-0.3, -0.25) is 9.48 Å². The molecule has 0 radical (unpaired) electrons. The van der Waals surface area contributed by atoms with E-state index in [1.807, 2.05) is 0 Å². The summed E-state index contributed by atoms with van der Waals surface area (Å²) in [7, 11) is 1.79. The molecule has 2 aromatic heterocycles. The lowest BCUT2D eigenvalue weighted by atomic mass is 10.3. The lowest BCUT2D eigenvalue weighted by Crippen LogP contribution is -1.97. The quantitative estimate of drug-likeness (QED) is 0.808. The standard InChI is InChI=1S/C9H10N4O3/c1-13-5-4-6(11-13)9-10-7(16-12-9)2-3-8(14)15/h4-5H,2-3H2,1H3,(H,14,15). The first kappa shape index (κ1) is 10.3. The molecule has 84 valence electrons. The Morgan fingerprint density at radius 1 is 1.62 bits per heavy atom. The van der Waals surface area contributed by atoms with Gasteiger partial charge in [-0.15, -0.1) is 0 Å². The number of rotatable bonds is 4. The van der Waals surface area contributed by atoms with E-state index in [2.05, 4.69) is 15.2 Å². The summed E-state index contributed by atoms with van der Waals surface area (Å²) in [6.45, 7) is 0. The summed E-state index contributed by atoms with van der Waals surface area (Å²) in [6.07, 6.45) is 1.97. The SMILES string of the molecule is Cn1ccc(-c2noc(CCC(=O)O)n2)n1. The molecule has 0 unspecified atom stereocenters. The van der Waals surface area contributed by atoms with Crippen molar-refractivity contribution in [3.8, 4) is 11.5 Å². The predicted octanol–water partition coefficient (Wildman–Crippen LogP) is 0.487. The maximum Gasteiger partial charge on any atom is 0.303 e. The molecule has 0 saturated carbocycles. The van der Waals surface area contributed by atoms with Crippen LogP contribution in [-0.4, -0.2) is 31.0 Å². The Morgan fingerprint density at radius 3 is 3.06 bits per heavy atom. The third kappa shape index (κ3) is 2.25. The van der Waals surface area contributed by atoms with Gasteiger partial charge in [0.05, 0.1) is 6.42 Å². The van der Waals surface area contributed by atoms with Gasteiger partial charge in [0.25, 0.3) is 0 Å². The minimum absolute atomic E-state index is 0.0240. The van der Waals surface area contributed by atoms with Crippen molar-refractivity contribution in [2.45, 2.75) is 12.8 Å². The number of nitrogens with zero attached hydrogens (tertiary/aromatic N) is 4. The molecule has 2 aromatic rings. The third-order valence-electron chi connectivity index (χ3n) is 1.96. The van der Waals surface area contributed by atoms with Crippen LogP contribution in [0.3, 0.4) is 0 Å².